The molecule has 2 N–H and O–H groups in total. The molecule has 0 aliphatic carbocycles. The van der Waals surface area contributed by atoms with Crippen molar-refractivity contribution in [1.29, 1.82) is 4.78 Å². The monoisotopic (exact) mass is 422 g/mol. The van der Waals surface area contributed by atoms with Gasteiger partial charge in [0.25, 0.3) is 0 Å². The van der Waals surface area contributed by atoms with E-state index in [9.17, 15) is 23.7 Å². The molecule has 0 heterocycles. The summed E-state index contributed by atoms with van der Waals surface area (Å²) >= 11 is 0. The third-order valence-corrected chi connectivity index (χ3v) is 5.17. The number of nitrogens with zero attached hydrogens (tertiary/aromatic N) is 1. The molecule has 0 rings (SSSR count). The molecule has 2 atom stereocenters. The van der Waals surface area contributed by atoms with Crippen LogP contribution in [0, 0.1) is 4.78 Å². The van der Waals surface area contributed by atoms with E-state index in [1.165, 1.54) is 0 Å². The fraction of sp³-hybridized carbons (Fsp3) is 0.833. The number of hydrogen-bond donors (Lipinski definition) is 2. The van der Waals surface area contributed by atoms with Gasteiger partial charge in [0.05, 0.1) is 0 Å². The summed E-state index contributed by atoms with van der Waals surface area (Å²) in [6.45, 7) is 11.4. The van der Waals surface area contributed by atoms with E-state index in [1.54, 1.807) is 41.5 Å². The van der Waals surface area contributed by atoms with Crippen LogP contribution >= 0.6 is 0 Å². The van der Waals surface area contributed by atoms with Crippen molar-refractivity contribution in [2.24, 2.45) is 0 Å². The standard InChI is InChI=1S/C18H34N2O7S/c1-8-9-11-28(19,25)12-10-13(14(21)22)20(15(23)26-17(2,3)4)16(24)27-18(5,6)7/h13,19H,8-12H2,1-7H3,(H,21,22)/t13-,28?/m0/s1. The van der Waals surface area contributed by atoms with Crippen LogP contribution in [0.1, 0.15) is 67.7 Å². The molecule has 1 unspecified atom stereocenters. The van der Waals surface area contributed by atoms with E-state index in [4.69, 9.17) is 14.3 Å². The lowest BCUT2D eigenvalue weighted by atomic mass is 10.2. The lowest BCUT2D eigenvalue weighted by molar-refractivity contribution is -0.143. The molecule has 0 aliphatic heterocycles. The van der Waals surface area contributed by atoms with Gasteiger partial charge >= 0.3 is 18.2 Å². The average Bonchev–Trinajstić information content (AvgIpc) is 2.45. The lowest BCUT2D eigenvalue weighted by Crippen LogP contribution is -2.52. The van der Waals surface area contributed by atoms with Crippen molar-refractivity contribution in [1.82, 2.24) is 4.90 Å². The van der Waals surface area contributed by atoms with Gasteiger partial charge in [-0.3, -0.25) is 4.78 Å². The van der Waals surface area contributed by atoms with Crippen molar-refractivity contribution in [2.75, 3.05) is 11.5 Å². The Morgan fingerprint density at radius 1 is 1.00 bits per heavy atom. The number of unbranched alkanes of at least 4 members (excludes halogenated alkanes) is 1. The first-order valence-corrected chi connectivity index (χ1v) is 11.1. The normalized spacial score (nSPS) is 15.2. The van der Waals surface area contributed by atoms with Gasteiger partial charge in [-0.05, 0) is 54.4 Å². The average molecular weight is 423 g/mol. The number of rotatable bonds is 8. The SMILES string of the molecule is CCCCS(=N)(=O)CC[C@@H](C(=O)O)N(C(=O)OC(C)(C)C)C(=O)OC(C)(C)C. The number of carbonyl (C=O) groups excluding carboxylic acids is 2. The number of ether oxygens (including phenoxy) is 2. The summed E-state index contributed by atoms with van der Waals surface area (Å²) in [5, 5.41) is 9.60. The van der Waals surface area contributed by atoms with E-state index in [2.05, 4.69) is 0 Å². The predicted molar refractivity (Wildman–Crippen MR) is 106 cm³/mol. The zero-order valence-electron chi connectivity index (χ0n) is 17.9. The molecule has 0 bridgehead atoms. The summed E-state index contributed by atoms with van der Waals surface area (Å²) in [5.41, 5.74) is -1.94. The smallest absolute Gasteiger partial charge is 0.420 e. The number of carboxylic acid groups (broad SMARTS) is 1. The summed E-state index contributed by atoms with van der Waals surface area (Å²) in [7, 11) is -3.02. The van der Waals surface area contributed by atoms with E-state index in [0.29, 0.717) is 11.3 Å². The molecular formula is C18H34N2O7S. The van der Waals surface area contributed by atoms with E-state index >= 15 is 0 Å². The first-order valence-electron chi connectivity index (χ1n) is 9.21. The molecule has 0 aromatic rings. The zero-order chi connectivity index (χ0) is 22.3. The highest BCUT2D eigenvalue weighted by atomic mass is 32.2. The lowest BCUT2D eigenvalue weighted by Gasteiger charge is -2.31. The molecule has 0 aromatic heterocycles. The molecule has 0 fully saturated rings. The Hall–Kier alpha value is -1.84. The van der Waals surface area contributed by atoms with Crippen LogP contribution in [-0.2, 0) is 24.0 Å². The summed E-state index contributed by atoms with van der Waals surface area (Å²) in [6.07, 6.45) is -1.35. The molecule has 0 saturated carbocycles. The molecule has 164 valence electrons. The van der Waals surface area contributed by atoms with Gasteiger partial charge in [0.2, 0.25) is 0 Å². The first-order chi connectivity index (χ1) is 12.5. The molecular weight excluding hydrogens is 388 g/mol. The second-order valence-electron chi connectivity index (χ2n) is 8.55. The first kappa shape index (κ1) is 26.2. The van der Waals surface area contributed by atoms with Crippen LogP contribution in [0.5, 0.6) is 0 Å². The van der Waals surface area contributed by atoms with E-state index in [0.717, 1.165) is 6.42 Å². The van der Waals surface area contributed by atoms with Crippen LogP contribution in [0.25, 0.3) is 0 Å². The van der Waals surface area contributed by atoms with Gasteiger partial charge in [0, 0.05) is 21.2 Å². The highest BCUT2D eigenvalue weighted by Gasteiger charge is 2.40. The molecule has 0 aliphatic rings. The van der Waals surface area contributed by atoms with Gasteiger partial charge in [-0.25, -0.2) is 18.6 Å². The van der Waals surface area contributed by atoms with Crippen LogP contribution < -0.4 is 0 Å². The van der Waals surface area contributed by atoms with Crippen molar-refractivity contribution in [2.45, 2.75) is 85.0 Å². The van der Waals surface area contributed by atoms with Crippen molar-refractivity contribution in [3.05, 3.63) is 0 Å². The van der Waals surface area contributed by atoms with E-state index in [1.807, 2.05) is 6.92 Å². The van der Waals surface area contributed by atoms with Gasteiger partial charge in [0.1, 0.15) is 17.2 Å². The molecule has 0 spiro atoms. The number of aliphatic carboxylic acids is 1. The van der Waals surface area contributed by atoms with Crippen LogP contribution in [0.15, 0.2) is 0 Å². The summed E-state index contributed by atoms with van der Waals surface area (Å²) in [4.78, 5) is 37.3. The van der Waals surface area contributed by atoms with E-state index < -0.39 is 45.1 Å². The highest BCUT2D eigenvalue weighted by molar-refractivity contribution is 7.92. The summed E-state index contributed by atoms with van der Waals surface area (Å²) < 4.78 is 30.5. The molecule has 28 heavy (non-hydrogen) atoms. The Bertz CT molecular complexity index is 632. The van der Waals surface area contributed by atoms with E-state index in [-0.39, 0.29) is 17.9 Å². The molecule has 0 saturated heterocycles. The molecule has 0 radical (unpaired) electrons. The van der Waals surface area contributed by atoms with Crippen molar-refractivity contribution in [3.8, 4) is 0 Å². The van der Waals surface area contributed by atoms with Crippen LogP contribution in [0.3, 0.4) is 0 Å². The topological polar surface area (TPSA) is 134 Å². The van der Waals surface area contributed by atoms with Crippen LogP contribution in [0.2, 0.25) is 0 Å². The van der Waals surface area contributed by atoms with Gasteiger partial charge in [-0.2, -0.15) is 4.90 Å². The molecule has 2 amide bonds. The fourth-order valence-corrected chi connectivity index (χ4v) is 3.66. The second-order valence-corrected chi connectivity index (χ2v) is 11.0. The number of imide groups is 1. The minimum absolute atomic E-state index is 0.134. The summed E-state index contributed by atoms with van der Waals surface area (Å²) in [5.74, 6) is -1.59. The fourth-order valence-electron chi connectivity index (χ4n) is 2.10. The molecule has 9 nitrogen and oxygen atoms in total. The van der Waals surface area contributed by atoms with Crippen molar-refractivity contribution >= 4 is 27.9 Å². The second kappa shape index (κ2) is 10.1. The van der Waals surface area contributed by atoms with Gasteiger partial charge < -0.3 is 14.6 Å². The number of amides is 2. The van der Waals surface area contributed by atoms with Gasteiger partial charge in [-0.1, -0.05) is 13.3 Å². The number of hydrogen-bond acceptors (Lipinski definition) is 7. The Morgan fingerprint density at radius 3 is 1.75 bits per heavy atom. The van der Waals surface area contributed by atoms with Crippen LogP contribution in [-0.4, -0.2) is 61.1 Å². The Kier molecular flexibility index (Phi) is 9.42. The predicted octanol–water partition coefficient (Wildman–Crippen LogP) is 3.85. The van der Waals surface area contributed by atoms with Crippen molar-refractivity contribution in [3.63, 3.8) is 0 Å². The summed E-state index contributed by atoms with van der Waals surface area (Å²) in [6, 6.07) is -1.66. The number of nitrogens with one attached hydrogen (secondary N) is 1. The highest BCUT2D eigenvalue weighted by Crippen LogP contribution is 2.19. The number of carbonyl (C=O) groups is 3. The van der Waals surface area contributed by atoms with Crippen LogP contribution in [0.4, 0.5) is 9.59 Å². The third-order valence-electron chi connectivity index (χ3n) is 3.33. The maximum Gasteiger partial charge on any atom is 0.420 e. The Balaban J connectivity index is 5.71. The quantitative estimate of drug-likeness (QED) is 0.606. The molecule has 10 heteroatoms. The third kappa shape index (κ3) is 10.5. The Labute approximate surface area is 167 Å². The van der Waals surface area contributed by atoms with Crippen molar-refractivity contribution < 1.29 is 33.2 Å². The largest absolute Gasteiger partial charge is 0.480 e. The number of carboxylic acids is 1. The molecule has 0 aromatic carbocycles. The minimum atomic E-state index is -3.02. The maximum atomic E-state index is 12.5. The maximum absolute atomic E-state index is 12.5. The van der Waals surface area contributed by atoms with Gasteiger partial charge in [-0.15, -0.1) is 0 Å². The van der Waals surface area contributed by atoms with Gasteiger partial charge in [0.15, 0.2) is 0 Å². The minimum Gasteiger partial charge on any atom is -0.480 e. The Morgan fingerprint density at radius 2 is 1.43 bits per heavy atom. The zero-order valence-corrected chi connectivity index (χ0v) is 18.7.